The summed E-state index contributed by atoms with van der Waals surface area (Å²) in [6.07, 6.45) is 10.0. The van der Waals surface area contributed by atoms with Crippen LogP contribution in [0.1, 0.15) is 34.7 Å². The van der Waals surface area contributed by atoms with Crippen LogP contribution in [0.15, 0.2) is 61.2 Å². The van der Waals surface area contributed by atoms with E-state index in [2.05, 4.69) is 70.3 Å². The molecule has 1 aliphatic carbocycles. The molecule has 2 heterocycles. The van der Waals surface area contributed by atoms with Crippen molar-refractivity contribution in [1.82, 2.24) is 4.57 Å². The SMILES string of the molecule is c1ccc(C[n+]2ccn(C3CCc4cc5c(cc43)OCC5)c2)cc1. The topological polar surface area (TPSA) is 18.0 Å². The lowest BCUT2D eigenvalue weighted by molar-refractivity contribution is -0.687. The lowest BCUT2D eigenvalue weighted by atomic mass is 10.0. The van der Waals surface area contributed by atoms with Crippen LogP contribution in [0.3, 0.4) is 0 Å². The van der Waals surface area contributed by atoms with Gasteiger partial charge in [0.2, 0.25) is 6.33 Å². The molecule has 3 heteroatoms. The highest BCUT2D eigenvalue weighted by Gasteiger charge is 2.30. The number of benzene rings is 2. The van der Waals surface area contributed by atoms with Crippen LogP contribution in [0.5, 0.6) is 5.75 Å². The van der Waals surface area contributed by atoms with E-state index in [4.69, 9.17) is 4.74 Å². The van der Waals surface area contributed by atoms with Gasteiger partial charge in [-0.3, -0.25) is 0 Å². The maximum atomic E-state index is 5.78. The van der Waals surface area contributed by atoms with E-state index >= 15 is 0 Å². The summed E-state index contributed by atoms with van der Waals surface area (Å²) in [5, 5.41) is 0. The maximum absolute atomic E-state index is 5.78. The smallest absolute Gasteiger partial charge is 0.244 e. The van der Waals surface area contributed by atoms with E-state index in [1.54, 1.807) is 0 Å². The Balaban J connectivity index is 1.43. The Morgan fingerprint density at radius 3 is 2.92 bits per heavy atom. The molecule has 5 rings (SSSR count). The Labute approximate surface area is 142 Å². The second-order valence-corrected chi connectivity index (χ2v) is 6.83. The second kappa shape index (κ2) is 5.52. The van der Waals surface area contributed by atoms with Crippen LogP contribution >= 0.6 is 0 Å². The molecular formula is C21H21N2O+. The molecule has 120 valence electrons. The predicted octanol–water partition coefficient (Wildman–Crippen LogP) is 3.29. The van der Waals surface area contributed by atoms with Crippen molar-refractivity contribution in [2.24, 2.45) is 0 Å². The number of aryl methyl sites for hydroxylation is 1. The Kier molecular flexibility index (Phi) is 3.18. The van der Waals surface area contributed by atoms with E-state index in [1.165, 1.54) is 35.1 Å². The van der Waals surface area contributed by atoms with Crippen molar-refractivity contribution in [2.45, 2.75) is 31.8 Å². The molecule has 1 aliphatic heterocycles. The molecule has 1 atom stereocenters. The highest BCUT2D eigenvalue weighted by atomic mass is 16.5. The quantitative estimate of drug-likeness (QED) is 0.678. The van der Waals surface area contributed by atoms with Crippen LogP contribution in [0.4, 0.5) is 0 Å². The average molecular weight is 317 g/mol. The summed E-state index contributed by atoms with van der Waals surface area (Å²) in [6, 6.07) is 15.7. The number of nitrogens with zero attached hydrogens (tertiary/aromatic N) is 2. The van der Waals surface area contributed by atoms with Crippen LogP contribution in [0, 0.1) is 0 Å². The third-order valence-electron chi connectivity index (χ3n) is 5.28. The fourth-order valence-corrected chi connectivity index (χ4v) is 4.06. The normalized spacial score (nSPS) is 18.2. The minimum atomic E-state index is 0.437. The summed E-state index contributed by atoms with van der Waals surface area (Å²) in [5.41, 5.74) is 5.67. The number of rotatable bonds is 3. The molecule has 3 aromatic rings. The number of hydrogen-bond acceptors (Lipinski definition) is 1. The molecular weight excluding hydrogens is 296 g/mol. The van der Waals surface area contributed by atoms with Gasteiger partial charge in [0, 0.05) is 12.0 Å². The summed E-state index contributed by atoms with van der Waals surface area (Å²) in [6.45, 7) is 1.75. The molecule has 1 unspecified atom stereocenters. The number of imidazole rings is 1. The van der Waals surface area contributed by atoms with E-state index in [0.717, 1.165) is 25.3 Å². The molecule has 0 fully saturated rings. The minimum Gasteiger partial charge on any atom is -0.493 e. The molecule has 0 amide bonds. The zero-order chi connectivity index (χ0) is 15.9. The van der Waals surface area contributed by atoms with Crippen molar-refractivity contribution in [3.05, 3.63) is 83.4 Å². The molecule has 3 nitrogen and oxygen atoms in total. The van der Waals surface area contributed by atoms with Gasteiger partial charge in [-0.05, 0) is 35.6 Å². The van der Waals surface area contributed by atoms with E-state index in [9.17, 15) is 0 Å². The number of hydrogen-bond donors (Lipinski definition) is 0. The molecule has 0 N–H and O–H groups in total. The summed E-state index contributed by atoms with van der Waals surface area (Å²) in [4.78, 5) is 0. The van der Waals surface area contributed by atoms with Gasteiger partial charge < -0.3 is 4.74 Å². The van der Waals surface area contributed by atoms with Crippen molar-refractivity contribution in [1.29, 1.82) is 0 Å². The van der Waals surface area contributed by atoms with E-state index < -0.39 is 0 Å². The third-order valence-corrected chi connectivity index (χ3v) is 5.28. The highest BCUT2D eigenvalue weighted by molar-refractivity contribution is 5.48. The van der Waals surface area contributed by atoms with E-state index in [0.29, 0.717) is 6.04 Å². The number of ether oxygens (including phenoxy) is 1. The number of fused-ring (bicyclic) bond motifs is 2. The Hall–Kier alpha value is -2.55. The van der Waals surface area contributed by atoms with Crippen molar-refractivity contribution >= 4 is 0 Å². The molecule has 0 bridgehead atoms. The summed E-state index contributed by atoms with van der Waals surface area (Å²) < 4.78 is 10.4. The van der Waals surface area contributed by atoms with Crippen LogP contribution in [0.2, 0.25) is 0 Å². The second-order valence-electron chi connectivity index (χ2n) is 6.83. The molecule has 2 aliphatic rings. The Bertz CT molecular complexity index is 882. The molecule has 0 saturated carbocycles. The zero-order valence-electron chi connectivity index (χ0n) is 13.7. The molecule has 2 aromatic carbocycles. The summed E-state index contributed by atoms with van der Waals surface area (Å²) in [5.74, 6) is 1.10. The lowest BCUT2D eigenvalue weighted by Crippen LogP contribution is -2.31. The Morgan fingerprint density at radius 1 is 1.08 bits per heavy atom. The monoisotopic (exact) mass is 317 g/mol. The minimum absolute atomic E-state index is 0.437. The highest BCUT2D eigenvalue weighted by Crippen LogP contribution is 2.39. The van der Waals surface area contributed by atoms with Gasteiger partial charge in [0.05, 0.1) is 6.61 Å². The van der Waals surface area contributed by atoms with Gasteiger partial charge in [0.15, 0.2) is 0 Å². The van der Waals surface area contributed by atoms with Gasteiger partial charge in [0.25, 0.3) is 0 Å². The largest absolute Gasteiger partial charge is 0.493 e. The van der Waals surface area contributed by atoms with Crippen molar-refractivity contribution in [2.75, 3.05) is 6.61 Å². The van der Waals surface area contributed by atoms with Crippen LogP contribution in [-0.2, 0) is 19.4 Å². The van der Waals surface area contributed by atoms with E-state index in [-0.39, 0.29) is 0 Å². The molecule has 0 saturated heterocycles. The van der Waals surface area contributed by atoms with Gasteiger partial charge in [-0.1, -0.05) is 36.4 Å². The van der Waals surface area contributed by atoms with E-state index in [1.807, 2.05) is 0 Å². The van der Waals surface area contributed by atoms with Crippen LogP contribution in [0.25, 0.3) is 0 Å². The first-order valence-electron chi connectivity index (χ1n) is 8.76. The van der Waals surface area contributed by atoms with Crippen LogP contribution < -0.4 is 9.30 Å². The van der Waals surface area contributed by atoms with Gasteiger partial charge in [-0.15, -0.1) is 0 Å². The van der Waals surface area contributed by atoms with Crippen molar-refractivity contribution < 1.29 is 9.30 Å². The van der Waals surface area contributed by atoms with Crippen molar-refractivity contribution in [3.63, 3.8) is 0 Å². The first kappa shape index (κ1) is 13.8. The van der Waals surface area contributed by atoms with Crippen LogP contribution in [-0.4, -0.2) is 11.2 Å². The standard InChI is InChI=1S/C21H21N2O/c1-2-4-16(5-3-1)14-22-9-10-23(15-22)20-7-6-17-12-18-8-11-24-21(18)13-19(17)20/h1-5,9-10,12-13,15,20H,6-8,11,14H2/q+1. The molecule has 24 heavy (non-hydrogen) atoms. The lowest BCUT2D eigenvalue weighted by Gasteiger charge is -2.09. The first-order chi connectivity index (χ1) is 11.9. The fourth-order valence-electron chi connectivity index (χ4n) is 4.06. The average Bonchev–Trinajstić information content (AvgIpc) is 3.32. The Morgan fingerprint density at radius 2 is 2.00 bits per heavy atom. The molecule has 0 spiro atoms. The summed E-state index contributed by atoms with van der Waals surface area (Å²) >= 11 is 0. The fraction of sp³-hybridized carbons (Fsp3) is 0.286. The number of aromatic nitrogens is 2. The zero-order valence-corrected chi connectivity index (χ0v) is 13.7. The van der Waals surface area contributed by atoms with Gasteiger partial charge in [-0.25, -0.2) is 9.13 Å². The van der Waals surface area contributed by atoms with Gasteiger partial charge in [-0.2, -0.15) is 0 Å². The maximum Gasteiger partial charge on any atom is 0.244 e. The predicted molar refractivity (Wildman–Crippen MR) is 92.3 cm³/mol. The summed E-state index contributed by atoms with van der Waals surface area (Å²) in [7, 11) is 0. The molecule has 0 radical (unpaired) electrons. The van der Waals surface area contributed by atoms with Gasteiger partial charge >= 0.3 is 0 Å². The third kappa shape index (κ3) is 2.32. The molecule has 1 aromatic heterocycles. The first-order valence-corrected chi connectivity index (χ1v) is 8.76. The van der Waals surface area contributed by atoms with Gasteiger partial charge in [0.1, 0.15) is 30.7 Å². The van der Waals surface area contributed by atoms with Crippen molar-refractivity contribution in [3.8, 4) is 5.75 Å².